The highest BCUT2D eigenvalue weighted by molar-refractivity contribution is 5.78. The molecule has 0 aromatic carbocycles. The maximum Gasteiger partial charge on any atom is 0.133 e. The molecule has 0 N–H and O–H groups in total. The van der Waals surface area contributed by atoms with Gasteiger partial charge in [-0.1, -0.05) is 47.0 Å². The van der Waals surface area contributed by atoms with Gasteiger partial charge in [-0.05, 0) is 42.9 Å². The first-order chi connectivity index (χ1) is 8.49. The van der Waals surface area contributed by atoms with Gasteiger partial charge in [0.15, 0.2) is 0 Å². The van der Waals surface area contributed by atoms with E-state index in [4.69, 9.17) is 0 Å². The van der Waals surface area contributed by atoms with Crippen molar-refractivity contribution in [3.05, 3.63) is 0 Å². The molecule has 0 unspecified atom stereocenters. The van der Waals surface area contributed by atoms with Crippen LogP contribution in [0.15, 0.2) is 0 Å². The van der Waals surface area contributed by atoms with Crippen LogP contribution in [-0.4, -0.2) is 5.78 Å². The fraction of sp³-hybridized carbons (Fsp3) is 0.941. The zero-order chi connectivity index (χ0) is 13.5. The molecule has 0 aliphatic heterocycles. The Balaban J connectivity index is 2.09. The molecule has 1 aliphatic rings. The highest BCUT2D eigenvalue weighted by Crippen LogP contribution is 2.35. The fourth-order valence-electron chi connectivity index (χ4n) is 3.29. The van der Waals surface area contributed by atoms with Gasteiger partial charge in [0.2, 0.25) is 0 Å². The minimum Gasteiger partial charge on any atom is -0.300 e. The van der Waals surface area contributed by atoms with Crippen molar-refractivity contribution < 1.29 is 4.79 Å². The molecule has 106 valence electrons. The maximum absolute atomic E-state index is 11.6. The van der Waals surface area contributed by atoms with Crippen LogP contribution in [0.25, 0.3) is 0 Å². The standard InChI is InChI=1S/C17H32O/c1-13(2)12-17(18)7-5-6-15-8-10-16(11-9-15)14(3)4/h13-16H,5-12H2,1-4H3. The molecule has 0 atom stereocenters. The molecule has 0 spiro atoms. The molecule has 0 radical (unpaired) electrons. The van der Waals surface area contributed by atoms with Gasteiger partial charge in [0.05, 0.1) is 0 Å². The molecule has 1 heteroatoms. The second-order valence-corrected chi connectivity index (χ2v) is 7.05. The Morgan fingerprint density at radius 1 is 1.06 bits per heavy atom. The van der Waals surface area contributed by atoms with Gasteiger partial charge in [0.1, 0.15) is 5.78 Å². The monoisotopic (exact) mass is 252 g/mol. The molecule has 18 heavy (non-hydrogen) atoms. The first kappa shape index (κ1) is 15.7. The molecular formula is C17H32O. The molecule has 0 heterocycles. The summed E-state index contributed by atoms with van der Waals surface area (Å²) in [4.78, 5) is 11.6. The van der Waals surface area contributed by atoms with E-state index in [-0.39, 0.29) is 0 Å². The smallest absolute Gasteiger partial charge is 0.133 e. The third-order valence-corrected chi connectivity index (χ3v) is 4.54. The highest BCUT2D eigenvalue weighted by atomic mass is 16.1. The van der Waals surface area contributed by atoms with Gasteiger partial charge in [0.25, 0.3) is 0 Å². The van der Waals surface area contributed by atoms with Crippen molar-refractivity contribution in [3.8, 4) is 0 Å². The van der Waals surface area contributed by atoms with Crippen LogP contribution in [0.3, 0.4) is 0 Å². The molecule has 0 bridgehead atoms. The van der Waals surface area contributed by atoms with E-state index >= 15 is 0 Å². The third-order valence-electron chi connectivity index (χ3n) is 4.54. The second kappa shape index (κ2) is 7.96. The van der Waals surface area contributed by atoms with Crippen LogP contribution in [0.5, 0.6) is 0 Å². The minimum absolute atomic E-state index is 0.473. The number of Topliss-reactive ketones (excluding diaryl/α,β-unsaturated/α-hetero) is 1. The Morgan fingerprint density at radius 2 is 1.67 bits per heavy atom. The molecule has 1 nitrogen and oxygen atoms in total. The van der Waals surface area contributed by atoms with Crippen LogP contribution >= 0.6 is 0 Å². The minimum atomic E-state index is 0.473. The van der Waals surface area contributed by atoms with E-state index in [1.807, 2.05) is 0 Å². The third kappa shape index (κ3) is 6.02. The quantitative estimate of drug-likeness (QED) is 0.606. The summed E-state index contributed by atoms with van der Waals surface area (Å²) in [6, 6.07) is 0. The number of ketones is 1. The van der Waals surface area contributed by atoms with Crippen molar-refractivity contribution in [2.24, 2.45) is 23.7 Å². The number of rotatable bonds is 7. The Kier molecular flexibility index (Phi) is 6.96. The number of hydrogen-bond donors (Lipinski definition) is 0. The lowest BCUT2D eigenvalue weighted by molar-refractivity contribution is -0.119. The topological polar surface area (TPSA) is 17.1 Å². The van der Waals surface area contributed by atoms with E-state index in [1.165, 1.54) is 32.1 Å². The summed E-state index contributed by atoms with van der Waals surface area (Å²) < 4.78 is 0. The van der Waals surface area contributed by atoms with E-state index in [0.717, 1.165) is 37.0 Å². The summed E-state index contributed by atoms with van der Waals surface area (Å²) in [6.07, 6.45) is 9.66. The molecule has 0 amide bonds. The van der Waals surface area contributed by atoms with E-state index in [1.54, 1.807) is 0 Å². The van der Waals surface area contributed by atoms with Gasteiger partial charge in [-0.25, -0.2) is 0 Å². The lowest BCUT2D eigenvalue weighted by Crippen LogP contribution is -2.18. The molecule has 1 fully saturated rings. The lowest BCUT2D eigenvalue weighted by atomic mass is 9.75. The van der Waals surface area contributed by atoms with Crippen molar-refractivity contribution in [3.63, 3.8) is 0 Å². The van der Waals surface area contributed by atoms with Crippen LogP contribution in [0.1, 0.15) is 79.1 Å². The molecule has 1 rings (SSSR count). The predicted octanol–water partition coefficient (Wildman–Crippen LogP) is 5.23. The van der Waals surface area contributed by atoms with Gasteiger partial charge in [0, 0.05) is 12.8 Å². The van der Waals surface area contributed by atoms with Crippen molar-refractivity contribution in [2.75, 3.05) is 0 Å². The molecule has 0 aromatic rings. The molecule has 1 aliphatic carbocycles. The van der Waals surface area contributed by atoms with Crippen LogP contribution in [0.2, 0.25) is 0 Å². The van der Waals surface area contributed by atoms with E-state index in [0.29, 0.717) is 11.7 Å². The van der Waals surface area contributed by atoms with E-state index in [2.05, 4.69) is 27.7 Å². The SMILES string of the molecule is CC(C)CC(=O)CCCC1CCC(C(C)C)CC1. The van der Waals surface area contributed by atoms with Crippen molar-refractivity contribution in [2.45, 2.75) is 79.1 Å². The van der Waals surface area contributed by atoms with Crippen LogP contribution in [0.4, 0.5) is 0 Å². The van der Waals surface area contributed by atoms with Crippen molar-refractivity contribution >= 4 is 5.78 Å². The number of hydrogen-bond acceptors (Lipinski definition) is 1. The predicted molar refractivity (Wildman–Crippen MR) is 78.6 cm³/mol. The van der Waals surface area contributed by atoms with Crippen LogP contribution < -0.4 is 0 Å². The summed E-state index contributed by atoms with van der Waals surface area (Å²) in [5, 5.41) is 0. The normalized spacial score (nSPS) is 24.8. The molecule has 1 saturated carbocycles. The number of carbonyl (C=O) groups excluding carboxylic acids is 1. The van der Waals surface area contributed by atoms with Crippen molar-refractivity contribution in [1.29, 1.82) is 0 Å². The van der Waals surface area contributed by atoms with E-state index < -0.39 is 0 Å². The van der Waals surface area contributed by atoms with Gasteiger partial charge in [-0.15, -0.1) is 0 Å². The largest absolute Gasteiger partial charge is 0.300 e. The molecular weight excluding hydrogens is 220 g/mol. The lowest BCUT2D eigenvalue weighted by Gasteiger charge is -2.30. The van der Waals surface area contributed by atoms with Crippen LogP contribution in [0, 0.1) is 23.7 Å². The fourth-order valence-corrected chi connectivity index (χ4v) is 3.29. The van der Waals surface area contributed by atoms with Gasteiger partial charge in [-0.2, -0.15) is 0 Å². The summed E-state index contributed by atoms with van der Waals surface area (Å²) in [6.45, 7) is 8.97. The Labute approximate surface area is 114 Å². The molecule has 0 saturated heterocycles. The summed E-state index contributed by atoms with van der Waals surface area (Å²) in [5.41, 5.74) is 0. The van der Waals surface area contributed by atoms with Gasteiger partial charge < -0.3 is 0 Å². The van der Waals surface area contributed by atoms with Gasteiger partial charge in [-0.3, -0.25) is 4.79 Å². The van der Waals surface area contributed by atoms with Crippen LogP contribution in [-0.2, 0) is 4.79 Å². The Hall–Kier alpha value is -0.330. The summed E-state index contributed by atoms with van der Waals surface area (Å²) >= 11 is 0. The maximum atomic E-state index is 11.6. The van der Waals surface area contributed by atoms with Gasteiger partial charge >= 0.3 is 0 Å². The Morgan fingerprint density at radius 3 is 2.17 bits per heavy atom. The molecule has 0 aromatic heterocycles. The summed E-state index contributed by atoms with van der Waals surface area (Å²) in [7, 11) is 0. The average Bonchev–Trinajstić information content (AvgIpc) is 2.28. The second-order valence-electron chi connectivity index (χ2n) is 7.05. The Bertz CT molecular complexity index is 234. The zero-order valence-electron chi connectivity index (χ0n) is 12.9. The average molecular weight is 252 g/mol. The first-order valence-electron chi connectivity index (χ1n) is 8.00. The summed E-state index contributed by atoms with van der Waals surface area (Å²) in [5.74, 6) is 3.73. The zero-order valence-corrected chi connectivity index (χ0v) is 12.9. The number of carbonyl (C=O) groups is 1. The first-order valence-corrected chi connectivity index (χ1v) is 8.00. The van der Waals surface area contributed by atoms with Crippen molar-refractivity contribution in [1.82, 2.24) is 0 Å². The highest BCUT2D eigenvalue weighted by Gasteiger charge is 2.22. The van der Waals surface area contributed by atoms with E-state index in [9.17, 15) is 4.79 Å².